The third-order valence-corrected chi connectivity index (χ3v) is 4.22. The topological polar surface area (TPSA) is 46.9 Å². The number of halogens is 2. The summed E-state index contributed by atoms with van der Waals surface area (Å²) >= 11 is 12.2. The largest absolute Gasteiger partial charge is 0.349 e. The van der Waals surface area contributed by atoms with E-state index in [4.69, 9.17) is 23.2 Å². The number of hydrogen-bond donors (Lipinski definition) is 1. The molecule has 1 amide bonds. The monoisotopic (exact) mass is 325 g/mol. The summed E-state index contributed by atoms with van der Waals surface area (Å²) in [5.74, 6) is -0.124. The molecule has 0 aliphatic carbocycles. The Morgan fingerprint density at radius 2 is 2.00 bits per heavy atom. The number of carbonyl (C=O) groups excluding carboxylic acids is 1. The zero-order chi connectivity index (χ0) is 15.6. The van der Waals surface area contributed by atoms with Gasteiger partial charge in [-0.3, -0.25) is 9.48 Å². The van der Waals surface area contributed by atoms with Crippen LogP contribution >= 0.6 is 23.2 Å². The van der Waals surface area contributed by atoms with Crippen LogP contribution in [0.25, 0.3) is 0 Å². The van der Waals surface area contributed by atoms with E-state index in [0.717, 1.165) is 11.3 Å². The molecule has 0 radical (unpaired) electrons. The lowest BCUT2D eigenvalue weighted by Gasteiger charge is -2.14. The van der Waals surface area contributed by atoms with Crippen molar-refractivity contribution >= 4 is 29.1 Å². The summed E-state index contributed by atoms with van der Waals surface area (Å²) in [6.45, 7) is 3.89. The molecule has 2 aromatic rings. The van der Waals surface area contributed by atoms with Gasteiger partial charge >= 0.3 is 0 Å². The first-order valence-corrected chi connectivity index (χ1v) is 7.36. The van der Waals surface area contributed by atoms with E-state index in [1.54, 1.807) is 29.1 Å². The smallest absolute Gasteiger partial charge is 0.225 e. The molecule has 21 heavy (non-hydrogen) atoms. The van der Waals surface area contributed by atoms with Gasteiger partial charge in [0.1, 0.15) is 0 Å². The van der Waals surface area contributed by atoms with Crippen LogP contribution in [0.4, 0.5) is 0 Å². The SMILES string of the molecule is Cc1c([C@@H](C)NC(=O)Cc2c(Cl)cccc2Cl)cnn1C. The fourth-order valence-electron chi connectivity index (χ4n) is 2.17. The highest BCUT2D eigenvalue weighted by molar-refractivity contribution is 6.36. The summed E-state index contributed by atoms with van der Waals surface area (Å²) in [6.07, 6.45) is 1.92. The highest BCUT2D eigenvalue weighted by Gasteiger charge is 2.16. The first-order chi connectivity index (χ1) is 9.90. The summed E-state index contributed by atoms with van der Waals surface area (Å²) in [7, 11) is 1.87. The van der Waals surface area contributed by atoms with Gasteiger partial charge in [-0.1, -0.05) is 29.3 Å². The van der Waals surface area contributed by atoms with E-state index in [0.29, 0.717) is 15.6 Å². The van der Waals surface area contributed by atoms with Gasteiger partial charge < -0.3 is 5.32 Å². The van der Waals surface area contributed by atoms with Crippen LogP contribution in [0.2, 0.25) is 10.0 Å². The Balaban J connectivity index is 2.07. The van der Waals surface area contributed by atoms with Crippen LogP contribution in [0.5, 0.6) is 0 Å². The van der Waals surface area contributed by atoms with Crippen molar-refractivity contribution < 1.29 is 4.79 Å². The number of amides is 1. The molecule has 6 heteroatoms. The fourth-order valence-corrected chi connectivity index (χ4v) is 2.70. The summed E-state index contributed by atoms with van der Waals surface area (Å²) in [5, 5.41) is 8.13. The van der Waals surface area contributed by atoms with E-state index in [2.05, 4.69) is 10.4 Å². The van der Waals surface area contributed by atoms with Gasteiger partial charge in [0.25, 0.3) is 0 Å². The van der Waals surface area contributed by atoms with Crippen molar-refractivity contribution in [3.05, 3.63) is 51.3 Å². The minimum absolute atomic E-state index is 0.118. The van der Waals surface area contributed by atoms with Crippen LogP contribution in [0.1, 0.15) is 29.8 Å². The summed E-state index contributed by atoms with van der Waals surface area (Å²) in [5.41, 5.74) is 2.67. The average Bonchev–Trinajstić information content (AvgIpc) is 2.74. The molecule has 1 atom stereocenters. The van der Waals surface area contributed by atoms with E-state index >= 15 is 0 Å². The first kappa shape index (κ1) is 15.9. The van der Waals surface area contributed by atoms with Crippen molar-refractivity contribution in [3.63, 3.8) is 0 Å². The second-order valence-electron chi connectivity index (χ2n) is 4.98. The number of rotatable bonds is 4. The molecule has 2 rings (SSSR count). The lowest BCUT2D eigenvalue weighted by atomic mass is 10.1. The molecule has 0 aliphatic rings. The number of carbonyl (C=O) groups is 1. The van der Waals surface area contributed by atoms with Crippen LogP contribution in [-0.4, -0.2) is 15.7 Å². The maximum atomic E-state index is 12.2. The molecule has 0 bridgehead atoms. The molecule has 0 saturated heterocycles. The summed E-state index contributed by atoms with van der Waals surface area (Å²) < 4.78 is 1.78. The van der Waals surface area contributed by atoms with Gasteiger partial charge in [0, 0.05) is 28.4 Å². The zero-order valence-electron chi connectivity index (χ0n) is 12.2. The number of aromatic nitrogens is 2. The van der Waals surface area contributed by atoms with Crippen LogP contribution in [0, 0.1) is 6.92 Å². The van der Waals surface area contributed by atoms with Gasteiger partial charge in [-0.2, -0.15) is 5.10 Å². The maximum Gasteiger partial charge on any atom is 0.225 e. The summed E-state index contributed by atoms with van der Waals surface area (Å²) in [6, 6.07) is 5.09. The molecule has 0 unspecified atom stereocenters. The normalized spacial score (nSPS) is 12.2. The van der Waals surface area contributed by atoms with Crippen molar-refractivity contribution in [2.24, 2.45) is 7.05 Å². The molecule has 0 spiro atoms. The number of hydrogen-bond acceptors (Lipinski definition) is 2. The maximum absolute atomic E-state index is 12.2. The van der Waals surface area contributed by atoms with Crippen LogP contribution in [0.3, 0.4) is 0 Å². The van der Waals surface area contributed by atoms with E-state index in [1.165, 1.54) is 0 Å². The van der Waals surface area contributed by atoms with Crippen molar-refractivity contribution in [1.82, 2.24) is 15.1 Å². The highest BCUT2D eigenvalue weighted by atomic mass is 35.5. The molecule has 1 N–H and O–H groups in total. The van der Waals surface area contributed by atoms with E-state index in [1.807, 2.05) is 20.9 Å². The molecular weight excluding hydrogens is 309 g/mol. The minimum atomic E-state index is -0.124. The quantitative estimate of drug-likeness (QED) is 0.935. The van der Waals surface area contributed by atoms with Crippen molar-refractivity contribution in [3.8, 4) is 0 Å². The Morgan fingerprint density at radius 3 is 2.52 bits per heavy atom. The van der Waals surface area contributed by atoms with Gasteiger partial charge in [-0.15, -0.1) is 0 Å². The molecule has 0 aliphatic heterocycles. The predicted octanol–water partition coefficient (Wildman–Crippen LogP) is 3.46. The van der Waals surface area contributed by atoms with E-state index < -0.39 is 0 Å². The summed E-state index contributed by atoms with van der Waals surface area (Å²) in [4.78, 5) is 12.2. The third-order valence-electron chi connectivity index (χ3n) is 3.52. The fraction of sp³-hybridized carbons (Fsp3) is 0.333. The van der Waals surface area contributed by atoms with E-state index in [9.17, 15) is 4.79 Å². The molecule has 4 nitrogen and oxygen atoms in total. The average molecular weight is 326 g/mol. The van der Waals surface area contributed by atoms with Crippen LogP contribution < -0.4 is 5.32 Å². The van der Waals surface area contributed by atoms with Crippen molar-refractivity contribution in [1.29, 1.82) is 0 Å². The number of nitrogens with zero attached hydrogens (tertiary/aromatic N) is 2. The van der Waals surface area contributed by atoms with Gasteiger partial charge in [-0.25, -0.2) is 0 Å². The highest BCUT2D eigenvalue weighted by Crippen LogP contribution is 2.25. The molecular formula is C15H17Cl2N3O. The number of nitrogens with one attached hydrogen (secondary N) is 1. The number of aryl methyl sites for hydroxylation is 1. The van der Waals surface area contributed by atoms with Gasteiger partial charge in [0.2, 0.25) is 5.91 Å². The van der Waals surface area contributed by atoms with Crippen LogP contribution in [-0.2, 0) is 18.3 Å². The molecule has 1 aromatic heterocycles. The molecule has 1 aromatic carbocycles. The van der Waals surface area contributed by atoms with E-state index in [-0.39, 0.29) is 18.4 Å². The molecule has 1 heterocycles. The second kappa shape index (κ2) is 6.50. The van der Waals surface area contributed by atoms with Gasteiger partial charge in [0.15, 0.2) is 0 Å². The van der Waals surface area contributed by atoms with Crippen molar-refractivity contribution in [2.75, 3.05) is 0 Å². The lowest BCUT2D eigenvalue weighted by molar-refractivity contribution is -0.121. The second-order valence-corrected chi connectivity index (χ2v) is 5.79. The number of benzene rings is 1. The molecule has 0 fully saturated rings. The van der Waals surface area contributed by atoms with Gasteiger partial charge in [0.05, 0.1) is 18.7 Å². The lowest BCUT2D eigenvalue weighted by Crippen LogP contribution is -2.28. The first-order valence-electron chi connectivity index (χ1n) is 6.61. The Bertz CT molecular complexity index is 647. The van der Waals surface area contributed by atoms with Crippen LogP contribution in [0.15, 0.2) is 24.4 Å². The molecule has 112 valence electrons. The zero-order valence-corrected chi connectivity index (χ0v) is 13.7. The van der Waals surface area contributed by atoms with Crippen molar-refractivity contribution in [2.45, 2.75) is 26.3 Å². The predicted molar refractivity (Wildman–Crippen MR) is 84.7 cm³/mol. The Morgan fingerprint density at radius 1 is 1.38 bits per heavy atom. The minimum Gasteiger partial charge on any atom is -0.349 e. The molecule has 0 saturated carbocycles. The third kappa shape index (κ3) is 3.57. The standard InChI is InChI=1S/C15H17Cl2N3O/c1-9(12-8-18-20(3)10(12)2)19-15(21)7-11-13(16)5-4-6-14(11)17/h4-6,8-9H,7H2,1-3H3,(H,19,21)/t9-/m1/s1. The Kier molecular flexibility index (Phi) is 4.91. The Labute approximate surface area is 134 Å². The van der Waals surface area contributed by atoms with Gasteiger partial charge in [-0.05, 0) is 31.5 Å². The Hall–Kier alpha value is -1.52.